The van der Waals surface area contributed by atoms with E-state index in [-0.39, 0.29) is 17.0 Å². The molecule has 1 aliphatic heterocycles. The number of rotatable bonds is 1. The Morgan fingerprint density at radius 3 is 2.37 bits per heavy atom. The molecule has 2 aromatic carbocycles. The highest BCUT2D eigenvalue weighted by molar-refractivity contribution is 6.08. The van der Waals surface area contributed by atoms with Crippen LogP contribution in [-0.4, -0.2) is 29.5 Å². The molecule has 0 unspecified atom stereocenters. The molecule has 0 aliphatic carbocycles. The zero-order chi connectivity index (χ0) is 19.2. The van der Waals surface area contributed by atoms with E-state index in [1.165, 1.54) is 0 Å². The molecule has 0 fully saturated rings. The number of aromatic amines is 1. The van der Waals surface area contributed by atoms with Crippen molar-refractivity contribution in [2.45, 2.75) is 26.3 Å². The number of nitrogens with one attached hydrogen (secondary N) is 1. The molecule has 0 atom stereocenters. The average Bonchev–Trinajstić information content (AvgIpc) is 2.65. The molecule has 138 valence electrons. The van der Waals surface area contributed by atoms with Crippen LogP contribution in [0.4, 0.5) is 11.4 Å². The van der Waals surface area contributed by atoms with Gasteiger partial charge in [-0.3, -0.25) is 9.59 Å². The number of benzene rings is 2. The number of fused-ring (bicyclic) bond motifs is 2. The molecule has 1 aromatic heterocycles. The number of amides is 1. The Morgan fingerprint density at radius 1 is 0.963 bits per heavy atom. The summed E-state index contributed by atoms with van der Waals surface area (Å²) in [6, 6.07) is 17.0. The maximum atomic E-state index is 13.3. The molecular formula is C22H23N3O2. The van der Waals surface area contributed by atoms with Gasteiger partial charge in [0.15, 0.2) is 0 Å². The van der Waals surface area contributed by atoms with Crippen molar-refractivity contribution in [2.75, 3.05) is 22.9 Å². The molecule has 1 aliphatic rings. The van der Waals surface area contributed by atoms with E-state index in [2.05, 4.69) is 30.7 Å². The lowest BCUT2D eigenvalue weighted by Gasteiger charge is -2.44. The molecule has 2 heterocycles. The Morgan fingerprint density at radius 2 is 1.63 bits per heavy atom. The molecular weight excluding hydrogens is 338 g/mol. The van der Waals surface area contributed by atoms with E-state index >= 15 is 0 Å². The third-order valence-electron chi connectivity index (χ3n) is 5.05. The normalized spacial score (nSPS) is 14.3. The monoisotopic (exact) mass is 361 g/mol. The summed E-state index contributed by atoms with van der Waals surface area (Å²) in [5.41, 5.74) is 1.95. The zero-order valence-corrected chi connectivity index (χ0v) is 15.8. The lowest BCUT2D eigenvalue weighted by molar-refractivity contribution is 0.0981. The molecule has 1 N–H and O–H groups in total. The van der Waals surface area contributed by atoms with Gasteiger partial charge in [0.2, 0.25) is 0 Å². The van der Waals surface area contributed by atoms with Gasteiger partial charge >= 0.3 is 0 Å². The van der Waals surface area contributed by atoms with Crippen LogP contribution in [0.25, 0.3) is 10.8 Å². The Balaban J connectivity index is 1.78. The van der Waals surface area contributed by atoms with Gasteiger partial charge in [0.05, 0.1) is 11.4 Å². The second-order valence-electron chi connectivity index (χ2n) is 7.87. The number of carbonyl (C=O) groups excluding carboxylic acids is 1. The van der Waals surface area contributed by atoms with Gasteiger partial charge in [-0.1, -0.05) is 30.3 Å². The lowest BCUT2D eigenvalue weighted by Crippen LogP contribution is -2.51. The minimum Gasteiger partial charge on any atom is -0.363 e. The first-order valence-electron chi connectivity index (χ1n) is 9.17. The summed E-state index contributed by atoms with van der Waals surface area (Å²) < 4.78 is 0. The molecule has 27 heavy (non-hydrogen) atoms. The number of aromatic nitrogens is 1. The van der Waals surface area contributed by atoms with Gasteiger partial charge < -0.3 is 14.8 Å². The first kappa shape index (κ1) is 17.3. The highest BCUT2D eigenvalue weighted by Gasteiger charge is 2.32. The summed E-state index contributed by atoms with van der Waals surface area (Å²) in [5, 5.41) is 1.36. The van der Waals surface area contributed by atoms with Gasteiger partial charge in [0.25, 0.3) is 11.5 Å². The van der Waals surface area contributed by atoms with Crippen molar-refractivity contribution in [1.82, 2.24) is 4.98 Å². The number of anilines is 2. The quantitative estimate of drug-likeness (QED) is 0.717. The van der Waals surface area contributed by atoms with Crippen LogP contribution in [0.1, 0.15) is 31.3 Å². The van der Waals surface area contributed by atoms with Gasteiger partial charge in [-0.15, -0.1) is 0 Å². The predicted molar refractivity (Wildman–Crippen MR) is 110 cm³/mol. The molecule has 0 radical (unpaired) electrons. The summed E-state index contributed by atoms with van der Waals surface area (Å²) in [4.78, 5) is 32.5. The minimum absolute atomic E-state index is 0.0392. The van der Waals surface area contributed by atoms with E-state index < -0.39 is 0 Å². The van der Waals surface area contributed by atoms with Crippen molar-refractivity contribution < 1.29 is 4.79 Å². The molecule has 5 nitrogen and oxygen atoms in total. The Kier molecular flexibility index (Phi) is 4.02. The maximum Gasteiger partial charge on any atom is 0.274 e. The predicted octanol–water partition coefficient (Wildman–Crippen LogP) is 3.79. The Labute approximate surface area is 158 Å². The molecule has 0 saturated carbocycles. The molecule has 5 heteroatoms. The SMILES string of the molecule is CC(C)(C)N1CCN(C(=O)c2cc3ccccc3c(=O)[nH]2)c2ccccc21. The highest BCUT2D eigenvalue weighted by Crippen LogP contribution is 2.37. The number of H-pyrrole nitrogens is 1. The van der Waals surface area contributed by atoms with Crippen LogP contribution in [0.15, 0.2) is 59.4 Å². The van der Waals surface area contributed by atoms with Crippen LogP contribution in [0.5, 0.6) is 0 Å². The van der Waals surface area contributed by atoms with E-state index in [1.807, 2.05) is 42.5 Å². The van der Waals surface area contributed by atoms with Crippen molar-refractivity contribution in [3.8, 4) is 0 Å². The van der Waals surface area contributed by atoms with Gasteiger partial charge in [0.1, 0.15) is 5.69 Å². The zero-order valence-electron chi connectivity index (χ0n) is 15.8. The number of nitrogens with zero attached hydrogens (tertiary/aromatic N) is 2. The summed E-state index contributed by atoms with van der Waals surface area (Å²) >= 11 is 0. The lowest BCUT2D eigenvalue weighted by atomic mass is 10.0. The van der Waals surface area contributed by atoms with E-state index in [9.17, 15) is 9.59 Å². The second kappa shape index (κ2) is 6.27. The smallest absolute Gasteiger partial charge is 0.274 e. The van der Waals surface area contributed by atoms with E-state index in [0.29, 0.717) is 17.6 Å². The molecule has 0 saturated heterocycles. The van der Waals surface area contributed by atoms with Crippen LogP contribution >= 0.6 is 0 Å². The maximum absolute atomic E-state index is 13.3. The van der Waals surface area contributed by atoms with Gasteiger partial charge in [0, 0.05) is 24.0 Å². The Hall–Kier alpha value is -3.08. The number of pyridine rings is 1. The van der Waals surface area contributed by atoms with E-state index in [1.54, 1.807) is 17.0 Å². The average molecular weight is 361 g/mol. The van der Waals surface area contributed by atoms with Crippen molar-refractivity contribution in [3.05, 3.63) is 70.6 Å². The van der Waals surface area contributed by atoms with Gasteiger partial charge in [-0.2, -0.15) is 0 Å². The van der Waals surface area contributed by atoms with Gasteiger partial charge in [-0.25, -0.2) is 0 Å². The minimum atomic E-state index is -0.238. The first-order chi connectivity index (χ1) is 12.9. The fraction of sp³-hybridized carbons (Fsp3) is 0.273. The van der Waals surface area contributed by atoms with Crippen molar-refractivity contribution in [1.29, 1.82) is 0 Å². The molecule has 1 amide bonds. The second-order valence-corrected chi connectivity index (χ2v) is 7.87. The Bertz CT molecular complexity index is 1080. The number of para-hydroxylation sites is 2. The summed E-state index contributed by atoms with van der Waals surface area (Å²) in [7, 11) is 0. The third kappa shape index (κ3) is 2.99. The van der Waals surface area contributed by atoms with Crippen LogP contribution in [-0.2, 0) is 0 Å². The van der Waals surface area contributed by atoms with Crippen LogP contribution < -0.4 is 15.4 Å². The summed E-state index contributed by atoms with van der Waals surface area (Å²) in [6.07, 6.45) is 0. The third-order valence-corrected chi connectivity index (χ3v) is 5.05. The number of hydrogen-bond acceptors (Lipinski definition) is 3. The summed E-state index contributed by atoms with van der Waals surface area (Å²) in [6.45, 7) is 7.82. The van der Waals surface area contributed by atoms with Crippen molar-refractivity contribution in [2.24, 2.45) is 0 Å². The topological polar surface area (TPSA) is 56.4 Å². The standard InChI is InChI=1S/C22H23N3O2/c1-22(2,3)25-13-12-24(18-10-6-7-11-19(18)25)21(27)17-14-15-8-4-5-9-16(15)20(26)23-17/h4-11,14H,12-13H2,1-3H3,(H,23,26). The molecule has 4 rings (SSSR count). The first-order valence-corrected chi connectivity index (χ1v) is 9.17. The fourth-order valence-electron chi connectivity index (χ4n) is 3.74. The molecule has 0 bridgehead atoms. The number of carbonyl (C=O) groups is 1. The largest absolute Gasteiger partial charge is 0.363 e. The number of hydrogen-bond donors (Lipinski definition) is 1. The molecule has 3 aromatic rings. The van der Waals surface area contributed by atoms with E-state index in [0.717, 1.165) is 23.3 Å². The molecule has 0 spiro atoms. The van der Waals surface area contributed by atoms with Gasteiger partial charge in [-0.05, 0) is 50.4 Å². The highest BCUT2D eigenvalue weighted by atomic mass is 16.2. The van der Waals surface area contributed by atoms with Crippen LogP contribution in [0.3, 0.4) is 0 Å². The van der Waals surface area contributed by atoms with Crippen molar-refractivity contribution in [3.63, 3.8) is 0 Å². The van der Waals surface area contributed by atoms with Crippen LogP contribution in [0, 0.1) is 0 Å². The van der Waals surface area contributed by atoms with Crippen molar-refractivity contribution >= 4 is 28.1 Å². The van der Waals surface area contributed by atoms with Crippen LogP contribution in [0.2, 0.25) is 0 Å². The van der Waals surface area contributed by atoms with E-state index in [4.69, 9.17) is 0 Å². The summed E-state index contributed by atoms with van der Waals surface area (Å²) in [5.74, 6) is -0.182. The fourth-order valence-corrected chi connectivity index (χ4v) is 3.74.